The zero-order valence-corrected chi connectivity index (χ0v) is 14.4. The van der Waals surface area contributed by atoms with Crippen LogP contribution in [0.2, 0.25) is 0 Å². The van der Waals surface area contributed by atoms with Crippen LogP contribution in [0.4, 0.5) is 4.79 Å². The van der Waals surface area contributed by atoms with Gasteiger partial charge in [0.25, 0.3) is 0 Å². The Balaban J connectivity index is 1.73. The number of likely N-dealkylation sites (tertiary alicyclic amines) is 1. The molecule has 2 N–H and O–H groups in total. The molecule has 1 aromatic rings. The second-order valence-corrected chi connectivity index (χ2v) is 8.32. The van der Waals surface area contributed by atoms with Crippen LogP contribution in [0.25, 0.3) is 0 Å². The van der Waals surface area contributed by atoms with Crippen molar-refractivity contribution in [1.82, 2.24) is 14.9 Å². The van der Waals surface area contributed by atoms with E-state index in [2.05, 4.69) is 16.1 Å². The van der Waals surface area contributed by atoms with Crippen LogP contribution in [-0.4, -0.2) is 44.7 Å². The number of carbonyl (C=O) groups excluding carboxylic acids is 1. The summed E-state index contributed by atoms with van der Waals surface area (Å²) in [6.45, 7) is 3.20. The lowest BCUT2D eigenvalue weighted by molar-refractivity contribution is 0.193. The quantitative estimate of drug-likeness (QED) is 0.741. The van der Waals surface area contributed by atoms with Crippen LogP contribution in [0.3, 0.4) is 0 Å². The van der Waals surface area contributed by atoms with Gasteiger partial charge in [0, 0.05) is 24.5 Å². The van der Waals surface area contributed by atoms with E-state index in [9.17, 15) is 13.2 Å². The highest BCUT2D eigenvalue weighted by Crippen LogP contribution is 2.34. The fourth-order valence-corrected chi connectivity index (χ4v) is 4.03. The van der Waals surface area contributed by atoms with Crippen molar-refractivity contribution in [1.29, 1.82) is 0 Å². The first-order valence-corrected chi connectivity index (χ1v) is 10.1. The summed E-state index contributed by atoms with van der Waals surface area (Å²) in [6, 6.07) is 4.20. The van der Waals surface area contributed by atoms with Crippen molar-refractivity contribution in [2.75, 3.05) is 25.4 Å². The van der Waals surface area contributed by atoms with Gasteiger partial charge in [0.15, 0.2) is 0 Å². The number of amides is 2. The Bertz CT molecular complexity index is 572. The van der Waals surface area contributed by atoms with E-state index < -0.39 is 10.0 Å². The predicted molar refractivity (Wildman–Crippen MR) is 88.5 cm³/mol. The van der Waals surface area contributed by atoms with E-state index in [0.717, 1.165) is 19.4 Å². The van der Waals surface area contributed by atoms with Gasteiger partial charge in [0.1, 0.15) is 0 Å². The maximum atomic E-state index is 12.2. The Kier molecular flexibility index (Phi) is 6.22. The van der Waals surface area contributed by atoms with E-state index >= 15 is 0 Å². The highest BCUT2D eigenvalue weighted by Gasteiger charge is 2.30. The Labute approximate surface area is 135 Å². The summed E-state index contributed by atoms with van der Waals surface area (Å²) >= 11 is 1.68. The fourth-order valence-electron chi connectivity index (χ4n) is 2.50. The number of carbonyl (C=O) groups is 1. The molecule has 0 aromatic carbocycles. The SMILES string of the molecule is CCS(=O)(=O)NCCCNC(=O)N1CCC[C@H]1c1cccs1. The van der Waals surface area contributed by atoms with Gasteiger partial charge in [0.2, 0.25) is 10.0 Å². The molecule has 1 aliphatic rings. The lowest BCUT2D eigenvalue weighted by Gasteiger charge is -2.24. The Morgan fingerprint density at radius 1 is 1.45 bits per heavy atom. The first-order valence-electron chi connectivity index (χ1n) is 7.58. The lowest BCUT2D eigenvalue weighted by atomic mass is 10.2. The number of thiophene rings is 1. The van der Waals surface area contributed by atoms with Gasteiger partial charge < -0.3 is 10.2 Å². The summed E-state index contributed by atoms with van der Waals surface area (Å²) in [5.74, 6) is 0.0790. The minimum Gasteiger partial charge on any atom is -0.338 e. The van der Waals surface area contributed by atoms with Crippen molar-refractivity contribution in [3.63, 3.8) is 0 Å². The Morgan fingerprint density at radius 2 is 2.27 bits per heavy atom. The summed E-state index contributed by atoms with van der Waals surface area (Å²) < 4.78 is 25.0. The average molecular weight is 345 g/mol. The molecule has 2 rings (SSSR count). The van der Waals surface area contributed by atoms with Crippen LogP contribution in [0, 0.1) is 0 Å². The normalized spacial score (nSPS) is 18.6. The maximum absolute atomic E-state index is 12.2. The number of nitrogens with one attached hydrogen (secondary N) is 2. The van der Waals surface area contributed by atoms with Gasteiger partial charge in [-0.1, -0.05) is 6.07 Å². The molecule has 0 aliphatic carbocycles. The number of sulfonamides is 1. The third-order valence-corrected chi connectivity index (χ3v) is 6.09. The number of hydrogen-bond donors (Lipinski definition) is 2. The average Bonchev–Trinajstić information content (AvgIpc) is 3.17. The third kappa shape index (κ3) is 4.69. The molecule has 2 heterocycles. The number of urea groups is 1. The van der Waals surface area contributed by atoms with Gasteiger partial charge in [-0.15, -0.1) is 11.3 Å². The molecular weight excluding hydrogens is 322 g/mol. The van der Waals surface area contributed by atoms with E-state index in [1.54, 1.807) is 18.3 Å². The predicted octanol–water partition coefficient (Wildman–Crippen LogP) is 1.92. The minimum atomic E-state index is -3.15. The second kappa shape index (κ2) is 7.94. The Morgan fingerprint density at radius 3 is 2.95 bits per heavy atom. The van der Waals surface area contributed by atoms with Gasteiger partial charge in [-0.3, -0.25) is 0 Å². The van der Waals surface area contributed by atoms with Crippen molar-refractivity contribution in [2.45, 2.75) is 32.2 Å². The highest BCUT2D eigenvalue weighted by molar-refractivity contribution is 7.89. The molecule has 0 radical (unpaired) electrons. The van der Waals surface area contributed by atoms with Crippen LogP contribution >= 0.6 is 11.3 Å². The van der Waals surface area contributed by atoms with Gasteiger partial charge in [-0.05, 0) is 37.6 Å². The van der Waals surface area contributed by atoms with Crippen molar-refractivity contribution in [3.8, 4) is 0 Å². The molecule has 0 saturated carbocycles. The summed E-state index contributed by atoms with van der Waals surface area (Å²) in [4.78, 5) is 15.4. The van der Waals surface area contributed by atoms with Crippen LogP contribution in [0.15, 0.2) is 17.5 Å². The molecule has 6 nitrogen and oxygen atoms in total. The maximum Gasteiger partial charge on any atom is 0.317 e. The molecule has 1 aromatic heterocycles. The van der Waals surface area contributed by atoms with Crippen molar-refractivity contribution in [2.24, 2.45) is 0 Å². The van der Waals surface area contributed by atoms with Crippen molar-refractivity contribution in [3.05, 3.63) is 22.4 Å². The molecule has 1 saturated heterocycles. The summed E-state index contributed by atoms with van der Waals surface area (Å²) in [6.07, 6.45) is 2.61. The van der Waals surface area contributed by atoms with Crippen LogP contribution in [0.5, 0.6) is 0 Å². The number of hydrogen-bond acceptors (Lipinski definition) is 4. The molecule has 0 spiro atoms. The van der Waals surface area contributed by atoms with Gasteiger partial charge >= 0.3 is 6.03 Å². The van der Waals surface area contributed by atoms with E-state index in [1.165, 1.54) is 4.88 Å². The van der Waals surface area contributed by atoms with Crippen molar-refractivity contribution < 1.29 is 13.2 Å². The Hall–Kier alpha value is -1.12. The standard InChI is InChI=1S/C14H23N3O3S2/c1-2-22(19,20)16-9-5-8-15-14(18)17-10-3-6-12(17)13-7-4-11-21-13/h4,7,11-12,16H,2-3,5-6,8-10H2,1H3,(H,15,18)/t12-/m0/s1. The summed E-state index contributed by atoms with van der Waals surface area (Å²) in [5.41, 5.74) is 0. The van der Waals surface area contributed by atoms with E-state index in [4.69, 9.17) is 0 Å². The van der Waals surface area contributed by atoms with Crippen LogP contribution in [0.1, 0.15) is 37.1 Å². The zero-order chi connectivity index (χ0) is 16.0. The highest BCUT2D eigenvalue weighted by atomic mass is 32.2. The smallest absolute Gasteiger partial charge is 0.317 e. The molecule has 8 heteroatoms. The molecular formula is C14H23N3O3S2. The minimum absolute atomic E-state index is 0.0609. The van der Waals surface area contributed by atoms with Gasteiger partial charge in [-0.2, -0.15) is 0 Å². The number of rotatable bonds is 7. The van der Waals surface area contributed by atoms with E-state index in [0.29, 0.717) is 19.5 Å². The second-order valence-electron chi connectivity index (χ2n) is 5.25. The molecule has 22 heavy (non-hydrogen) atoms. The number of nitrogens with zero attached hydrogens (tertiary/aromatic N) is 1. The van der Waals surface area contributed by atoms with E-state index in [-0.39, 0.29) is 17.8 Å². The van der Waals surface area contributed by atoms with Gasteiger partial charge in [-0.25, -0.2) is 17.9 Å². The monoisotopic (exact) mass is 345 g/mol. The molecule has 0 bridgehead atoms. The molecule has 2 amide bonds. The largest absolute Gasteiger partial charge is 0.338 e. The summed E-state index contributed by atoms with van der Waals surface area (Å²) in [7, 11) is -3.15. The fraction of sp³-hybridized carbons (Fsp3) is 0.643. The first kappa shape index (κ1) is 17.2. The summed E-state index contributed by atoms with van der Waals surface area (Å²) in [5, 5.41) is 4.91. The van der Waals surface area contributed by atoms with E-state index in [1.807, 2.05) is 16.3 Å². The van der Waals surface area contributed by atoms with Gasteiger partial charge in [0.05, 0.1) is 11.8 Å². The third-order valence-electron chi connectivity index (χ3n) is 3.72. The molecule has 1 aliphatic heterocycles. The topological polar surface area (TPSA) is 78.5 Å². The van der Waals surface area contributed by atoms with Crippen LogP contribution in [-0.2, 0) is 10.0 Å². The molecule has 0 unspecified atom stereocenters. The first-order chi connectivity index (χ1) is 10.5. The zero-order valence-electron chi connectivity index (χ0n) is 12.7. The lowest BCUT2D eigenvalue weighted by Crippen LogP contribution is -2.40. The molecule has 1 atom stereocenters. The molecule has 124 valence electrons. The van der Waals surface area contributed by atoms with Crippen LogP contribution < -0.4 is 10.0 Å². The molecule has 1 fully saturated rings. The van der Waals surface area contributed by atoms with Crippen molar-refractivity contribution >= 4 is 27.4 Å².